The number of rotatable bonds is 6. The van der Waals surface area contributed by atoms with Crippen molar-refractivity contribution in [2.24, 2.45) is 0 Å². The van der Waals surface area contributed by atoms with Gasteiger partial charge in [-0.05, 0) is 6.42 Å². The van der Waals surface area contributed by atoms with Gasteiger partial charge in [-0.2, -0.15) is 0 Å². The summed E-state index contributed by atoms with van der Waals surface area (Å²) in [7, 11) is 0. The predicted octanol–water partition coefficient (Wildman–Crippen LogP) is 1.90. The topological polar surface area (TPSA) is 105 Å². The van der Waals surface area contributed by atoms with Crippen molar-refractivity contribution in [2.45, 2.75) is 19.8 Å². The third-order valence-corrected chi connectivity index (χ3v) is 2.13. The van der Waals surface area contributed by atoms with Gasteiger partial charge in [0.15, 0.2) is 0 Å². The molecule has 17 heavy (non-hydrogen) atoms. The van der Waals surface area contributed by atoms with Gasteiger partial charge >= 0.3 is 11.7 Å². The van der Waals surface area contributed by atoms with Gasteiger partial charge in [-0.1, -0.05) is 13.3 Å². The van der Waals surface area contributed by atoms with Crippen LogP contribution in [0.3, 0.4) is 0 Å². The van der Waals surface area contributed by atoms with E-state index in [0.29, 0.717) is 6.54 Å². The average Bonchev–Trinajstić information content (AvgIpc) is 2.29. The van der Waals surface area contributed by atoms with Crippen molar-refractivity contribution in [1.82, 2.24) is 4.98 Å². The van der Waals surface area contributed by atoms with E-state index in [1.54, 1.807) is 0 Å². The molecular weight excluding hydrogens is 226 g/mol. The lowest BCUT2D eigenvalue weighted by Crippen LogP contribution is -2.08. The summed E-state index contributed by atoms with van der Waals surface area (Å²) in [5.74, 6) is -1.13. The highest BCUT2D eigenvalue weighted by atomic mass is 16.6. The summed E-state index contributed by atoms with van der Waals surface area (Å²) < 4.78 is 0. The monoisotopic (exact) mass is 239 g/mol. The van der Waals surface area contributed by atoms with Crippen LogP contribution in [0, 0.1) is 10.1 Å². The molecule has 2 N–H and O–H groups in total. The molecule has 0 aliphatic carbocycles. The Hall–Kier alpha value is -2.18. The molecule has 0 amide bonds. The van der Waals surface area contributed by atoms with E-state index >= 15 is 0 Å². The second-order valence-corrected chi connectivity index (χ2v) is 3.43. The van der Waals surface area contributed by atoms with Crippen molar-refractivity contribution >= 4 is 17.5 Å². The van der Waals surface area contributed by atoms with Crippen LogP contribution in [0.4, 0.5) is 11.5 Å². The SMILES string of the molecule is CCCCNc1ncc(C(=O)O)cc1[N+](=O)[O-]. The van der Waals surface area contributed by atoms with E-state index in [2.05, 4.69) is 10.3 Å². The minimum Gasteiger partial charge on any atom is -0.478 e. The molecule has 0 fully saturated rings. The van der Waals surface area contributed by atoms with Crippen LogP contribution in [0.5, 0.6) is 0 Å². The second kappa shape index (κ2) is 5.78. The van der Waals surface area contributed by atoms with Gasteiger partial charge in [-0.15, -0.1) is 0 Å². The lowest BCUT2D eigenvalue weighted by Gasteiger charge is -2.05. The predicted molar refractivity (Wildman–Crippen MR) is 61.2 cm³/mol. The molecule has 1 heterocycles. The Morgan fingerprint density at radius 3 is 2.88 bits per heavy atom. The molecule has 0 saturated carbocycles. The standard InChI is InChI=1S/C10H13N3O4/c1-2-3-4-11-9-8(13(16)17)5-7(6-12-9)10(14)15/h5-6H,2-4H2,1H3,(H,11,12)(H,14,15). The molecule has 7 heteroatoms. The largest absolute Gasteiger partial charge is 0.478 e. The van der Waals surface area contributed by atoms with Crippen LogP contribution >= 0.6 is 0 Å². The fourth-order valence-electron chi connectivity index (χ4n) is 1.23. The highest BCUT2D eigenvalue weighted by Gasteiger charge is 2.18. The number of anilines is 1. The molecule has 0 saturated heterocycles. The molecular formula is C10H13N3O4. The van der Waals surface area contributed by atoms with Crippen molar-refractivity contribution in [1.29, 1.82) is 0 Å². The minimum absolute atomic E-state index is 0.105. The number of carbonyl (C=O) groups is 1. The molecule has 0 aromatic carbocycles. The fourth-order valence-corrected chi connectivity index (χ4v) is 1.23. The van der Waals surface area contributed by atoms with Crippen LogP contribution in [-0.4, -0.2) is 27.5 Å². The average molecular weight is 239 g/mol. The molecule has 0 bridgehead atoms. The van der Waals surface area contributed by atoms with Crippen LogP contribution in [0.25, 0.3) is 0 Å². The van der Waals surface area contributed by atoms with Crippen LogP contribution < -0.4 is 5.32 Å². The van der Waals surface area contributed by atoms with Crippen LogP contribution in [-0.2, 0) is 0 Å². The quantitative estimate of drug-likeness (QED) is 0.446. The van der Waals surface area contributed by atoms with Gasteiger partial charge in [0.05, 0.1) is 10.5 Å². The van der Waals surface area contributed by atoms with Crippen molar-refractivity contribution in [3.05, 3.63) is 27.9 Å². The summed E-state index contributed by atoms with van der Waals surface area (Å²) in [6.07, 6.45) is 2.91. The van der Waals surface area contributed by atoms with Gasteiger partial charge in [-0.25, -0.2) is 9.78 Å². The first kappa shape index (κ1) is 12.9. The highest BCUT2D eigenvalue weighted by Crippen LogP contribution is 2.22. The van der Waals surface area contributed by atoms with Crippen molar-refractivity contribution in [3.63, 3.8) is 0 Å². The van der Waals surface area contributed by atoms with Crippen LogP contribution in [0.2, 0.25) is 0 Å². The summed E-state index contributed by atoms with van der Waals surface area (Å²) in [4.78, 5) is 24.5. The van der Waals surface area contributed by atoms with Crippen molar-refractivity contribution < 1.29 is 14.8 Å². The summed E-state index contributed by atoms with van der Waals surface area (Å²) >= 11 is 0. The molecule has 0 aliphatic rings. The summed E-state index contributed by atoms with van der Waals surface area (Å²) in [6.45, 7) is 2.56. The molecule has 0 atom stereocenters. The first-order chi connectivity index (χ1) is 8.06. The third-order valence-electron chi connectivity index (χ3n) is 2.13. The molecule has 1 rings (SSSR count). The lowest BCUT2D eigenvalue weighted by molar-refractivity contribution is -0.384. The number of pyridine rings is 1. The first-order valence-electron chi connectivity index (χ1n) is 5.17. The number of nitrogens with one attached hydrogen (secondary N) is 1. The molecule has 0 radical (unpaired) electrons. The molecule has 0 aliphatic heterocycles. The van der Waals surface area contributed by atoms with Gasteiger partial charge in [-0.3, -0.25) is 10.1 Å². The zero-order chi connectivity index (χ0) is 12.8. The van der Waals surface area contributed by atoms with E-state index in [9.17, 15) is 14.9 Å². The maximum Gasteiger partial charge on any atom is 0.337 e. The zero-order valence-electron chi connectivity index (χ0n) is 9.34. The van der Waals surface area contributed by atoms with Gasteiger partial charge in [0.25, 0.3) is 0 Å². The maximum absolute atomic E-state index is 10.8. The Kier molecular flexibility index (Phi) is 4.38. The van der Waals surface area contributed by atoms with E-state index in [1.807, 2.05) is 6.92 Å². The Morgan fingerprint density at radius 2 is 2.35 bits per heavy atom. The number of aromatic nitrogens is 1. The lowest BCUT2D eigenvalue weighted by atomic mass is 10.2. The fraction of sp³-hybridized carbons (Fsp3) is 0.400. The first-order valence-corrected chi connectivity index (χ1v) is 5.17. The van der Waals surface area contributed by atoms with E-state index in [1.165, 1.54) is 0 Å². The number of hydrogen-bond donors (Lipinski definition) is 2. The highest BCUT2D eigenvalue weighted by molar-refractivity contribution is 5.88. The molecule has 7 nitrogen and oxygen atoms in total. The third kappa shape index (κ3) is 3.40. The smallest absolute Gasteiger partial charge is 0.337 e. The molecule has 1 aromatic heterocycles. The van der Waals surface area contributed by atoms with Gasteiger partial charge in [0.2, 0.25) is 5.82 Å². The maximum atomic E-state index is 10.8. The van der Waals surface area contributed by atoms with E-state index in [0.717, 1.165) is 25.1 Å². The van der Waals surface area contributed by atoms with Gasteiger partial charge in [0.1, 0.15) is 0 Å². The molecule has 0 spiro atoms. The Labute approximate surface area is 97.6 Å². The minimum atomic E-state index is -1.24. The molecule has 0 unspecified atom stereocenters. The number of carboxylic acid groups (broad SMARTS) is 1. The zero-order valence-corrected chi connectivity index (χ0v) is 9.34. The number of hydrogen-bond acceptors (Lipinski definition) is 5. The summed E-state index contributed by atoms with van der Waals surface area (Å²) in [5, 5.41) is 22.3. The summed E-state index contributed by atoms with van der Waals surface area (Å²) in [6, 6.07) is 1.00. The number of nitro groups is 1. The second-order valence-electron chi connectivity index (χ2n) is 3.43. The molecule has 92 valence electrons. The van der Waals surface area contributed by atoms with Crippen LogP contribution in [0.1, 0.15) is 30.1 Å². The Balaban J connectivity index is 2.96. The molecule has 1 aromatic rings. The van der Waals surface area contributed by atoms with Crippen molar-refractivity contribution in [3.8, 4) is 0 Å². The normalized spacial score (nSPS) is 9.94. The van der Waals surface area contributed by atoms with Gasteiger partial charge < -0.3 is 10.4 Å². The van der Waals surface area contributed by atoms with Crippen molar-refractivity contribution in [2.75, 3.05) is 11.9 Å². The summed E-state index contributed by atoms with van der Waals surface area (Å²) in [5.41, 5.74) is -0.515. The van der Waals surface area contributed by atoms with E-state index in [4.69, 9.17) is 5.11 Å². The Bertz CT molecular complexity index is 434. The van der Waals surface area contributed by atoms with Crippen LogP contribution in [0.15, 0.2) is 12.3 Å². The number of nitrogens with zero attached hydrogens (tertiary/aromatic N) is 2. The number of aromatic carboxylic acids is 1. The van der Waals surface area contributed by atoms with E-state index in [-0.39, 0.29) is 17.1 Å². The number of unbranched alkanes of at least 4 members (excludes halogenated alkanes) is 1. The van der Waals surface area contributed by atoms with E-state index < -0.39 is 10.9 Å². The number of carboxylic acids is 1. The Morgan fingerprint density at radius 1 is 1.65 bits per heavy atom. The van der Waals surface area contributed by atoms with Gasteiger partial charge in [0, 0.05) is 18.8 Å².